The number of methoxy groups -OCH3 is 1. The molecule has 0 aliphatic carbocycles. The number of hydrogen-bond donors (Lipinski definition) is 0. The van der Waals surface area contributed by atoms with E-state index in [1.165, 1.54) is 31.0 Å². The van der Waals surface area contributed by atoms with E-state index in [2.05, 4.69) is 4.74 Å². The lowest BCUT2D eigenvalue weighted by Crippen LogP contribution is -2.06. The van der Waals surface area contributed by atoms with Crippen LogP contribution in [-0.4, -0.2) is 13.1 Å². The molecule has 0 saturated carbocycles. The van der Waals surface area contributed by atoms with Crippen LogP contribution >= 0.6 is 11.8 Å². The molecule has 0 spiro atoms. The zero-order chi connectivity index (χ0) is 15.2. The van der Waals surface area contributed by atoms with E-state index in [0.29, 0.717) is 10.6 Å². The molecule has 0 fully saturated rings. The molecule has 2 nitrogen and oxygen atoms in total. The van der Waals surface area contributed by atoms with Gasteiger partial charge >= 0.3 is 5.97 Å². The lowest BCUT2D eigenvalue weighted by Gasteiger charge is -2.09. The van der Waals surface area contributed by atoms with Gasteiger partial charge in [0.05, 0.1) is 13.5 Å². The summed E-state index contributed by atoms with van der Waals surface area (Å²) in [6, 6.07) is 10.9. The molecule has 0 aliphatic rings. The van der Waals surface area contributed by atoms with Crippen LogP contribution in [0.3, 0.4) is 0 Å². The number of esters is 1. The first-order chi connectivity index (χ1) is 10.1. The average Bonchev–Trinajstić information content (AvgIpc) is 2.47. The minimum atomic E-state index is -0.594. The number of ether oxygens (including phenoxy) is 1. The number of hydrogen-bond acceptors (Lipinski definition) is 3. The second-order valence-corrected chi connectivity index (χ2v) is 5.40. The standard InChI is InChI=1S/C16H14F2O2S/c1-20-16(19)8-11-4-2-3-5-12(11)10-21-15-7-6-13(17)9-14(15)18/h2-7,9H,8,10H2,1H3. The Kier molecular flexibility index (Phi) is 5.33. The molecule has 0 N–H and O–H groups in total. The van der Waals surface area contributed by atoms with E-state index in [-0.39, 0.29) is 12.4 Å². The Balaban J connectivity index is 2.11. The summed E-state index contributed by atoms with van der Waals surface area (Å²) < 4.78 is 31.1. The lowest BCUT2D eigenvalue weighted by molar-refractivity contribution is -0.139. The third kappa shape index (κ3) is 4.29. The topological polar surface area (TPSA) is 26.3 Å². The molecule has 2 aromatic carbocycles. The maximum atomic E-state index is 13.6. The van der Waals surface area contributed by atoms with Crippen LogP contribution in [0.4, 0.5) is 8.78 Å². The molecule has 0 unspecified atom stereocenters. The Bertz CT molecular complexity index is 644. The van der Waals surface area contributed by atoms with Crippen molar-refractivity contribution in [3.05, 3.63) is 65.2 Å². The number of carbonyl (C=O) groups excluding carboxylic acids is 1. The first-order valence-corrected chi connectivity index (χ1v) is 7.30. The van der Waals surface area contributed by atoms with Crippen molar-refractivity contribution in [2.75, 3.05) is 7.11 Å². The number of carbonyl (C=O) groups is 1. The molecule has 0 aliphatic heterocycles. The van der Waals surface area contributed by atoms with Crippen LogP contribution in [0.15, 0.2) is 47.4 Å². The lowest BCUT2D eigenvalue weighted by atomic mass is 10.1. The first kappa shape index (κ1) is 15.5. The largest absolute Gasteiger partial charge is 0.469 e. The van der Waals surface area contributed by atoms with Crippen LogP contribution in [0.25, 0.3) is 0 Å². The SMILES string of the molecule is COC(=O)Cc1ccccc1CSc1ccc(F)cc1F. The summed E-state index contributed by atoms with van der Waals surface area (Å²) in [5.41, 5.74) is 1.77. The van der Waals surface area contributed by atoms with Crippen molar-refractivity contribution in [2.45, 2.75) is 17.1 Å². The molecule has 0 aromatic heterocycles. The van der Waals surface area contributed by atoms with E-state index in [1.54, 1.807) is 0 Å². The second-order valence-electron chi connectivity index (χ2n) is 4.39. The van der Waals surface area contributed by atoms with Gasteiger partial charge in [0.2, 0.25) is 0 Å². The fourth-order valence-electron chi connectivity index (χ4n) is 1.85. The van der Waals surface area contributed by atoms with Gasteiger partial charge in [-0.2, -0.15) is 0 Å². The number of benzene rings is 2. The van der Waals surface area contributed by atoms with E-state index < -0.39 is 11.6 Å². The zero-order valence-corrected chi connectivity index (χ0v) is 12.3. The highest BCUT2D eigenvalue weighted by Crippen LogP contribution is 2.27. The molecule has 110 valence electrons. The molecule has 0 bridgehead atoms. The van der Waals surface area contributed by atoms with Crippen molar-refractivity contribution in [3.8, 4) is 0 Å². The van der Waals surface area contributed by atoms with E-state index in [0.717, 1.165) is 17.2 Å². The van der Waals surface area contributed by atoms with Gasteiger partial charge in [0.1, 0.15) is 11.6 Å². The van der Waals surface area contributed by atoms with Crippen molar-refractivity contribution in [1.82, 2.24) is 0 Å². The predicted octanol–water partition coefficient (Wildman–Crippen LogP) is 3.97. The molecule has 0 radical (unpaired) electrons. The predicted molar refractivity (Wildman–Crippen MR) is 78.1 cm³/mol. The highest BCUT2D eigenvalue weighted by Gasteiger charge is 2.10. The highest BCUT2D eigenvalue weighted by molar-refractivity contribution is 7.98. The number of halogens is 2. The summed E-state index contributed by atoms with van der Waals surface area (Å²) in [4.78, 5) is 11.7. The monoisotopic (exact) mass is 308 g/mol. The summed E-state index contributed by atoms with van der Waals surface area (Å²) in [6.07, 6.45) is 0.180. The Morgan fingerprint density at radius 2 is 1.86 bits per heavy atom. The minimum Gasteiger partial charge on any atom is -0.469 e. The molecule has 0 heterocycles. The molecule has 0 saturated heterocycles. The molecular formula is C16H14F2O2S. The van der Waals surface area contributed by atoms with Crippen LogP contribution in [0.1, 0.15) is 11.1 Å². The summed E-state index contributed by atoms with van der Waals surface area (Å²) >= 11 is 1.26. The van der Waals surface area contributed by atoms with Crippen molar-refractivity contribution in [2.24, 2.45) is 0 Å². The van der Waals surface area contributed by atoms with Gasteiger partial charge < -0.3 is 4.74 Å². The molecule has 0 atom stereocenters. The first-order valence-electron chi connectivity index (χ1n) is 6.31. The number of thioether (sulfide) groups is 1. The normalized spacial score (nSPS) is 10.4. The second kappa shape index (κ2) is 7.22. The fourth-order valence-corrected chi connectivity index (χ4v) is 2.80. The number of rotatable bonds is 5. The van der Waals surface area contributed by atoms with Crippen LogP contribution in [0, 0.1) is 11.6 Å². The summed E-state index contributed by atoms with van der Waals surface area (Å²) in [5.74, 6) is -0.996. The van der Waals surface area contributed by atoms with Crippen molar-refractivity contribution in [1.29, 1.82) is 0 Å². The van der Waals surface area contributed by atoms with Crippen molar-refractivity contribution >= 4 is 17.7 Å². The van der Waals surface area contributed by atoms with E-state index >= 15 is 0 Å². The molecule has 5 heteroatoms. The summed E-state index contributed by atoms with van der Waals surface area (Å²) in [7, 11) is 1.34. The summed E-state index contributed by atoms with van der Waals surface area (Å²) in [5, 5.41) is 0. The molecule has 2 aromatic rings. The molecular weight excluding hydrogens is 294 g/mol. The Morgan fingerprint density at radius 1 is 1.14 bits per heavy atom. The Labute approximate surface area is 126 Å². The maximum Gasteiger partial charge on any atom is 0.309 e. The maximum absolute atomic E-state index is 13.6. The van der Waals surface area contributed by atoms with E-state index in [9.17, 15) is 13.6 Å². The highest BCUT2D eigenvalue weighted by atomic mass is 32.2. The van der Waals surface area contributed by atoms with Gasteiger partial charge in [-0.15, -0.1) is 11.8 Å². The van der Waals surface area contributed by atoms with Crippen LogP contribution in [0.5, 0.6) is 0 Å². The van der Waals surface area contributed by atoms with Gasteiger partial charge in [0.25, 0.3) is 0 Å². The zero-order valence-electron chi connectivity index (χ0n) is 11.4. The van der Waals surface area contributed by atoms with E-state index in [1.807, 2.05) is 24.3 Å². The van der Waals surface area contributed by atoms with Gasteiger partial charge in [-0.25, -0.2) is 8.78 Å². The van der Waals surface area contributed by atoms with E-state index in [4.69, 9.17) is 0 Å². The molecule has 21 heavy (non-hydrogen) atoms. The fraction of sp³-hybridized carbons (Fsp3) is 0.188. The minimum absolute atomic E-state index is 0.180. The van der Waals surface area contributed by atoms with Gasteiger partial charge in [-0.05, 0) is 23.3 Å². The van der Waals surface area contributed by atoms with Crippen LogP contribution in [-0.2, 0) is 21.7 Å². The molecule has 0 amide bonds. The van der Waals surface area contributed by atoms with Gasteiger partial charge in [-0.3, -0.25) is 4.79 Å². The Morgan fingerprint density at radius 3 is 2.52 bits per heavy atom. The Hall–Kier alpha value is -1.88. The van der Waals surface area contributed by atoms with Crippen LogP contribution in [0.2, 0.25) is 0 Å². The smallest absolute Gasteiger partial charge is 0.309 e. The molecule has 2 rings (SSSR count). The summed E-state index contributed by atoms with van der Waals surface area (Å²) in [6.45, 7) is 0. The van der Waals surface area contributed by atoms with Gasteiger partial charge in [0, 0.05) is 16.7 Å². The quantitative estimate of drug-likeness (QED) is 0.617. The average molecular weight is 308 g/mol. The third-order valence-corrected chi connectivity index (χ3v) is 4.06. The third-order valence-electron chi connectivity index (χ3n) is 2.96. The van der Waals surface area contributed by atoms with Gasteiger partial charge in [0.15, 0.2) is 0 Å². The van der Waals surface area contributed by atoms with Crippen molar-refractivity contribution in [3.63, 3.8) is 0 Å². The van der Waals surface area contributed by atoms with Crippen LogP contribution < -0.4 is 0 Å². The van der Waals surface area contributed by atoms with Gasteiger partial charge in [-0.1, -0.05) is 24.3 Å². The van der Waals surface area contributed by atoms with Crippen molar-refractivity contribution < 1.29 is 18.3 Å².